The molecule has 234 valence electrons. The topological polar surface area (TPSA) is 87.2 Å². The van der Waals surface area contributed by atoms with Crippen LogP contribution in [0.5, 0.6) is 0 Å². The smallest absolute Gasteiger partial charge is 0.232 e. The Labute approximate surface area is 283 Å². The van der Waals surface area contributed by atoms with E-state index >= 15 is 0 Å². The minimum absolute atomic E-state index is 0.572. The molecule has 0 aliphatic carbocycles. The fourth-order valence-corrected chi connectivity index (χ4v) is 7.16. The number of aromatic nitrogens is 6. The molecule has 5 heterocycles. The van der Waals surface area contributed by atoms with Crippen LogP contribution in [0.25, 0.3) is 101 Å². The van der Waals surface area contributed by atoms with Gasteiger partial charge < -0.3 is 8.83 Å². The molecule has 0 saturated heterocycles. The van der Waals surface area contributed by atoms with Crippen LogP contribution >= 0.6 is 0 Å². The zero-order valence-electron chi connectivity index (χ0n) is 26.4. The van der Waals surface area contributed by atoms with E-state index in [1.165, 1.54) is 0 Å². The predicted molar refractivity (Wildman–Crippen MR) is 196 cm³/mol. The Hall–Kier alpha value is -7.06. The van der Waals surface area contributed by atoms with Crippen LogP contribution in [0, 0.1) is 0 Å². The van der Waals surface area contributed by atoms with Gasteiger partial charge in [-0.1, -0.05) is 97.1 Å². The van der Waals surface area contributed by atoms with Crippen molar-refractivity contribution in [3.63, 3.8) is 0 Å². The third-order valence-electron chi connectivity index (χ3n) is 9.40. The first-order valence-corrected chi connectivity index (χ1v) is 16.4. The van der Waals surface area contributed by atoms with Crippen LogP contribution in [0.3, 0.4) is 0 Å². The SMILES string of the molecule is c1ccc(-c2nc(-c3ccccc3)nc(-c3cccc4oc5ccc(-n6c7c8ccccc8oc7n7c8ccccc8nc67)cc5c34)n2)cc1. The molecule has 0 saturated carbocycles. The van der Waals surface area contributed by atoms with Gasteiger partial charge in [-0.2, -0.15) is 0 Å². The van der Waals surface area contributed by atoms with Crippen LogP contribution in [-0.2, 0) is 0 Å². The van der Waals surface area contributed by atoms with Crippen molar-refractivity contribution in [1.82, 2.24) is 28.9 Å². The van der Waals surface area contributed by atoms with E-state index in [2.05, 4.69) is 39.3 Å². The van der Waals surface area contributed by atoms with Crippen LogP contribution in [0.2, 0.25) is 0 Å². The molecular formula is C42H24N6O2. The summed E-state index contributed by atoms with van der Waals surface area (Å²) in [4.78, 5) is 20.1. The maximum Gasteiger partial charge on any atom is 0.232 e. The number of hydrogen-bond acceptors (Lipinski definition) is 6. The summed E-state index contributed by atoms with van der Waals surface area (Å²) in [5.41, 5.74) is 9.55. The summed E-state index contributed by atoms with van der Waals surface area (Å²) in [7, 11) is 0. The van der Waals surface area contributed by atoms with Crippen LogP contribution in [0.4, 0.5) is 0 Å². The largest absolute Gasteiger partial charge is 0.456 e. The molecule has 11 rings (SSSR count). The van der Waals surface area contributed by atoms with Gasteiger partial charge in [0.1, 0.15) is 22.3 Å². The molecule has 0 radical (unpaired) electrons. The third-order valence-corrected chi connectivity index (χ3v) is 9.40. The Kier molecular flexibility index (Phi) is 5.51. The van der Waals surface area contributed by atoms with Gasteiger partial charge in [-0.15, -0.1) is 0 Å². The predicted octanol–water partition coefficient (Wildman–Crippen LogP) is 10.3. The molecule has 0 amide bonds. The molecule has 0 bridgehead atoms. The average Bonchev–Trinajstić information content (AvgIpc) is 3.92. The van der Waals surface area contributed by atoms with Gasteiger partial charge in [0, 0.05) is 32.8 Å². The fourth-order valence-electron chi connectivity index (χ4n) is 7.16. The van der Waals surface area contributed by atoms with Crippen molar-refractivity contribution in [3.05, 3.63) is 146 Å². The van der Waals surface area contributed by atoms with E-state index in [1.807, 2.05) is 115 Å². The van der Waals surface area contributed by atoms with Crippen molar-refractivity contribution in [2.75, 3.05) is 0 Å². The number of fused-ring (bicyclic) bond motifs is 10. The van der Waals surface area contributed by atoms with Gasteiger partial charge in [-0.25, -0.2) is 24.3 Å². The van der Waals surface area contributed by atoms with Crippen molar-refractivity contribution in [2.24, 2.45) is 0 Å². The first-order chi connectivity index (χ1) is 24.8. The van der Waals surface area contributed by atoms with E-state index < -0.39 is 0 Å². The van der Waals surface area contributed by atoms with E-state index in [1.54, 1.807) is 0 Å². The van der Waals surface area contributed by atoms with Gasteiger partial charge in [0.25, 0.3) is 0 Å². The Morgan fingerprint density at radius 2 is 1.14 bits per heavy atom. The molecule has 5 aromatic heterocycles. The summed E-state index contributed by atoms with van der Waals surface area (Å²) in [6, 6.07) is 48.6. The normalized spacial score (nSPS) is 12.0. The van der Waals surface area contributed by atoms with E-state index in [0.29, 0.717) is 17.5 Å². The zero-order valence-corrected chi connectivity index (χ0v) is 26.4. The second kappa shape index (κ2) is 10.2. The molecule has 0 N–H and O–H groups in total. The number of rotatable bonds is 4. The lowest BCUT2D eigenvalue weighted by molar-refractivity contribution is 0.651. The van der Waals surface area contributed by atoms with Crippen molar-refractivity contribution in [3.8, 4) is 39.9 Å². The zero-order chi connectivity index (χ0) is 32.8. The Balaban J connectivity index is 1.19. The summed E-state index contributed by atoms with van der Waals surface area (Å²) in [5, 5.41) is 2.89. The molecule has 0 unspecified atom stereocenters. The number of imidazole rings is 2. The maximum atomic E-state index is 6.51. The molecule has 6 aromatic carbocycles. The summed E-state index contributed by atoms with van der Waals surface area (Å²) in [6.45, 7) is 0. The van der Waals surface area contributed by atoms with Gasteiger partial charge in [-0.3, -0.25) is 4.57 Å². The molecule has 0 aliphatic rings. The summed E-state index contributed by atoms with van der Waals surface area (Å²) >= 11 is 0. The summed E-state index contributed by atoms with van der Waals surface area (Å²) < 4.78 is 17.3. The van der Waals surface area contributed by atoms with Crippen molar-refractivity contribution in [1.29, 1.82) is 0 Å². The van der Waals surface area contributed by atoms with E-state index in [4.69, 9.17) is 28.8 Å². The van der Waals surface area contributed by atoms with Gasteiger partial charge in [-0.05, 0) is 48.5 Å². The van der Waals surface area contributed by atoms with Crippen LogP contribution in [-0.4, -0.2) is 28.9 Å². The van der Waals surface area contributed by atoms with Crippen molar-refractivity contribution in [2.45, 2.75) is 0 Å². The maximum absolute atomic E-state index is 6.51. The Morgan fingerprint density at radius 1 is 0.480 bits per heavy atom. The Morgan fingerprint density at radius 3 is 1.94 bits per heavy atom. The number of benzene rings is 6. The number of furan rings is 2. The fraction of sp³-hybridized carbons (Fsp3) is 0. The lowest BCUT2D eigenvalue weighted by atomic mass is 10.0. The monoisotopic (exact) mass is 644 g/mol. The lowest BCUT2D eigenvalue weighted by Crippen LogP contribution is -2.00. The first-order valence-electron chi connectivity index (χ1n) is 16.4. The minimum atomic E-state index is 0.572. The average molecular weight is 645 g/mol. The number of hydrogen-bond donors (Lipinski definition) is 0. The second-order valence-electron chi connectivity index (χ2n) is 12.3. The summed E-state index contributed by atoms with van der Waals surface area (Å²) in [6.07, 6.45) is 0. The molecule has 0 fully saturated rings. The molecule has 0 spiro atoms. The number of nitrogens with zero attached hydrogens (tertiary/aromatic N) is 6. The second-order valence-corrected chi connectivity index (χ2v) is 12.3. The van der Waals surface area contributed by atoms with E-state index in [-0.39, 0.29) is 0 Å². The van der Waals surface area contributed by atoms with Crippen LogP contribution in [0.1, 0.15) is 0 Å². The molecule has 8 nitrogen and oxygen atoms in total. The molecule has 8 heteroatoms. The molecule has 50 heavy (non-hydrogen) atoms. The highest BCUT2D eigenvalue weighted by atomic mass is 16.3. The Bertz CT molecular complexity index is 3040. The highest BCUT2D eigenvalue weighted by molar-refractivity contribution is 6.13. The molecular weight excluding hydrogens is 621 g/mol. The molecule has 0 atom stereocenters. The van der Waals surface area contributed by atoms with Gasteiger partial charge >= 0.3 is 0 Å². The lowest BCUT2D eigenvalue weighted by Gasteiger charge is -2.09. The molecule has 11 aromatic rings. The van der Waals surface area contributed by atoms with Crippen molar-refractivity contribution >= 4 is 60.9 Å². The first kappa shape index (κ1) is 26.9. The van der Waals surface area contributed by atoms with Gasteiger partial charge in [0.05, 0.1) is 16.7 Å². The number of para-hydroxylation sites is 3. The van der Waals surface area contributed by atoms with Crippen LogP contribution < -0.4 is 0 Å². The molecule has 0 aliphatic heterocycles. The minimum Gasteiger partial charge on any atom is -0.456 e. The van der Waals surface area contributed by atoms with Gasteiger partial charge in [0.15, 0.2) is 17.5 Å². The third kappa shape index (κ3) is 3.87. The highest BCUT2D eigenvalue weighted by Gasteiger charge is 2.24. The van der Waals surface area contributed by atoms with Gasteiger partial charge in [0.2, 0.25) is 11.5 Å². The highest BCUT2D eigenvalue weighted by Crippen LogP contribution is 2.40. The standard InChI is InChI=1S/C42H24N6O2/c1-3-12-25(13-4-1)38-44-39(26-14-5-2-6-15-26)46-40(45-38)29-17-11-21-35-36(29)30-24-27(22-23-34(30)49-35)47-37-28-16-7-10-20-33(28)50-41(37)48-32-19-9-8-18-31(32)43-42(47)48/h1-24H. The van der Waals surface area contributed by atoms with E-state index in [0.717, 1.165) is 83.3 Å². The van der Waals surface area contributed by atoms with Crippen molar-refractivity contribution < 1.29 is 8.83 Å². The summed E-state index contributed by atoms with van der Waals surface area (Å²) in [5.74, 6) is 2.56. The van der Waals surface area contributed by atoms with E-state index in [9.17, 15) is 0 Å². The quantitative estimate of drug-likeness (QED) is 0.189. The van der Waals surface area contributed by atoms with Crippen LogP contribution in [0.15, 0.2) is 154 Å².